The van der Waals surface area contributed by atoms with Gasteiger partial charge in [0, 0.05) is 49.6 Å². The highest BCUT2D eigenvalue weighted by Gasteiger charge is 2.35. The second-order valence-electron chi connectivity index (χ2n) is 11.2. The first-order valence-electron chi connectivity index (χ1n) is 14.4. The second kappa shape index (κ2) is 12.5. The average molecular weight is 606 g/mol. The zero-order valence-corrected chi connectivity index (χ0v) is 26.0. The van der Waals surface area contributed by atoms with Crippen LogP contribution in [0.1, 0.15) is 29.9 Å². The molecule has 0 bridgehead atoms. The fourth-order valence-corrected chi connectivity index (χ4v) is 7.21. The molecule has 228 valence electrons. The Bertz CT molecular complexity index is 1730. The third kappa shape index (κ3) is 5.68. The van der Waals surface area contributed by atoms with Crippen LogP contribution >= 0.6 is 0 Å². The summed E-state index contributed by atoms with van der Waals surface area (Å²) in [6, 6.07) is 21.8. The summed E-state index contributed by atoms with van der Waals surface area (Å²) in [5.74, 6) is -0.220. The maximum atomic E-state index is 14.5. The Hall–Kier alpha value is -3.70. The summed E-state index contributed by atoms with van der Waals surface area (Å²) < 4.78 is 42.4. The third-order valence-electron chi connectivity index (χ3n) is 8.42. The van der Waals surface area contributed by atoms with Gasteiger partial charge in [0.05, 0.1) is 32.5 Å². The van der Waals surface area contributed by atoms with Crippen molar-refractivity contribution in [1.82, 2.24) is 13.8 Å². The second-order valence-corrected chi connectivity index (χ2v) is 13.2. The number of carbonyl (C=O) groups excluding carboxylic acids is 1. The number of sulfonamides is 1. The number of amides is 1. The number of hydrogen-bond donors (Lipinski definition) is 1. The number of rotatable bonds is 7. The minimum atomic E-state index is -3.92. The van der Waals surface area contributed by atoms with E-state index in [1.165, 1.54) is 24.5 Å². The van der Waals surface area contributed by atoms with Gasteiger partial charge in [0.1, 0.15) is 16.3 Å². The van der Waals surface area contributed by atoms with Crippen LogP contribution in [-0.4, -0.2) is 79.2 Å². The molecule has 3 aromatic carbocycles. The Morgan fingerprint density at radius 2 is 1.74 bits per heavy atom. The molecule has 0 aliphatic carbocycles. The number of aliphatic hydroxyl groups excluding tert-OH is 1. The Morgan fingerprint density at radius 1 is 1.07 bits per heavy atom. The number of carbonyl (C=O) groups is 1. The first-order valence-corrected chi connectivity index (χ1v) is 15.8. The Kier molecular flexibility index (Phi) is 8.94. The van der Waals surface area contributed by atoms with Crippen molar-refractivity contribution in [2.45, 2.75) is 37.5 Å². The van der Waals surface area contributed by atoms with Gasteiger partial charge in [-0.3, -0.25) is 4.79 Å². The van der Waals surface area contributed by atoms with E-state index in [0.29, 0.717) is 5.69 Å². The number of para-hydroxylation sites is 2. The minimum Gasteiger partial charge on any atom is -0.495 e. The van der Waals surface area contributed by atoms with E-state index in [9.17, 15) is 18.3 Å². The van der Waals surface area contributed by atoms with Crippen molar-refractivity contribution in [2.75, 3.05) is 33.9 Å². The number of benzene rings is 3. The molecule has 1 aromatic heterocycles. The van der Waals surface area contributed by atoms with Crippen LogP contribution in [0.25, 0.3) is 22.0 Å². The molecular formula is C33H39N3O6S. The average Bonchev–Trinajstić information content (AvgIpc) is 3.31. The van der Waals surface area contributed by atoms with Crippen LogP contribution in [0.4, 0.5) is 0 Å². The van der Waals surface area contributed by atoms with E-state index in [4.69, 9.17) is 9.47 Å². The monoisotopic (exact) mass is 605 g/mol. The van der Waals surface area contributed by atoms with Crippen LogP contribution in [0.3, 0.4) is 0 Å². The summed E-state index contributed by atoms with van der Waals surface area (Å²) in [7, 11) is 0.944. The first-order chi connectivity index (χ1) is 20.6. The summed E-state index contributed by atoms with van der Waals surface area (Å²) in [6.45, 7) is 4.07. The van der Waals surface area contributed by atoms with Crippen molar-refractivity contribution in [3.05, 3.63) is 84.1 Å². The van der Waals surface area contributed by atoms with Crippen LogP contribution in [0.5, 0.6) is 5.75 Å². The van der Waals surface area contributed by atoms with Crippen LogP contribution < -0.4 is 4.74 Å². The Labute approximate surface area is 253 Å². The number of aryl methyl sites for hydroxylation is 1. The number of methoxy groups -OCH3 is 1. The van der Waals surface area contributed by atoms with Gasteiger partial charge in [0.15, 0.2) is 0 Å². The lowest BCUT2D eigenvalue weighted by molar-refractivity contribution is -0.0147. The molecule has 3 atom stereocenters. The molecule has 5 rings (SSSR count). The van der Waals surface area contributed by atoms with E-state index in [-0.39, 0.29) is 48.8 Å². The van der Waals surface area contributed by atoms with Crippen molar-refractivity contribution in [3.8, 4) is 16.9 Å². The van der Waals surface area contributed by atoms with Crippen molar-refractivity contribution in [1.29, 1.82) is 0 Å². The molecule has 4 aromatic rings. The summed E-state index contributed by atoms with van der Waals surface area (Å²) >= 11 is 0. The number of likely N-dealkylation sites (N-methyl/N-ethyl adjacent to an activating group) is 1. The fraction of sp³-hybridized carbons (Fsp3) is 0.364. The maximum absolute atomic E-state index is 14.5. The highest BCUT2D eigenvalue weighted by Crippen LogP contribution is 2.38. The number of nitrogens with zero attached hydrogens (tertiary/aromatic N) is 3. The van der Waals surface area contributed by atoms with Gasteiger partial charge >= 0.3 is 0 Å². The van der Waals surface area contributed by atoms with Crippen molar-refractivity contribution in [3.63, 3.8) is 0 Å². The molecule has 1 amide bonds. The zero-order chi connectivity index (χ0) is 30.9. The molecule has 1 aliphatic rings. The summed E-state index contributed by atoms with van der Waals surface area (Å²) in [6.07, 6.45) is -0.568. The SMILES string of the molecule is COc1ccccc1S(=O)(=O)N(C)C[C@H]1OCc2ccccc2-c2c(n(C)c3ccccc23)C(=O)N([C@H](C)CO)C[C@H]1C. The minimum absolute atomic E-state index is 0.0507. The molecule has 43 heavy (non-hydrogen) atoms. The molecule has 0 saturated carbocycles. The molecule has 0 unspecified atom stereocenters. The maximum Gasteiger partial charge on any atom is 0.271 e. The molecule has 2 heterocycles. The fourth-order valence-electron chi connectivity index (χ4n) is 5.88. The summed E-state index contributed by atoms with van der Waals surface area (Å²) in [5.41, 5.74) is 4.06. The van der Waals surface area contributed by atoms with E-state index >= 15 is 0 Å². The quantitative estimate of drug-likeness (QED) is 0.332. The lowest BCUT2D eigenvalue weighted by Gasteiger charge is -2.35. The number of fused-ring (bicyclic) bond motifs is 5. The van der Waals surface area contributed by atoms with Gasteiger partial charge in [-0.25, -0.2) is 8.42 Å². The summed E-state index contributed by atoms with van der Waals surface area (Å²) in [5, 5.41) is 11.2. The van der Waals surface area contributed by atoms with E-state index in [1.807, 2.05) is 74.0 Å². The molecule has 0 spiro atoms. The lowest BCUT2D eigenvalue weighted by Crippen LogP contribution is -2.48. The smallest absolute Gasteiger partial charge is 0.271 e. The number of aromatic nitrogens is 1. The van der Waals surface area contributed by atoms with Crippen LogP contribution in [-0.2, 0) is 28.4 Å². The van der Waals surface area contributed by atoms with Crippen LogP contribution in [0.2, 0.25) is 0 Å². The normalized spacial score (nSPS) is 18.7. The highest BCUT2D eigenvalue weighted by atomic mass is 32.2. The zero-order valence-electron chi connectivity index (χ0n) is 25.2. The Balaban J connectivity index is 1.60. The first kappa shape index (κ1) is 30.7. The predicted molar refractivity (Wildman–Crippen MR) is 166 cm³/mol. The van der Waals surface area contributed by atoms with E-state index in [1.54, 1.807) is 23.1 Å². The third-order valence-corrected chi connectivity index (χ3v) is 10.3. The largest absolute Gasteiger partial charge is 0.495 e. The topological polar surface area (TPSA) is 101 Å². The van der Waals surface area contributed by atoms with E-state index < -0.39 is 22.2 Å². The molecule has 1 aliphatic heterocycles. The van der Waals surface area contributed by atoms with Crippen molar-refractivity contribution >= 4 is 26.8 Å². The molecule has 0 fully saturated rings. The number of aliphatic hydroxyl groups is 1. The van der Waals surface area contributed by atoms with Crippen LogP contribution in [0.15, 0.2) is 77.7 Å². The lowest BCUT2D eigenvalue weighted by atomic mass is 9.96. The van der Waals surface area contributed by atoms with E-state index in [2.05, 4.69) is 0 Å². The number of hydrogen-bond acceptors (Lipinski definition) is 6. The van der Waals surface area contributed by atoms with Gasteiger partial charge in [-0.15, -0.1) is 0 Å². The van der Waals surface area contributed by atoms with Crippen molar-refractivity contribution < 1.29 is 27.8 Å². The van der Waals surface area contributed by atoms with Gasteiger partial charge in [-0.1, -0.05) is 61.5 Å². The van der Waals surface area contributed by atoms with E-state index in [0.717, 1.165) is 27.6 Å². The van der Waals surface area contributed by atoms with Gasteiger partial charge in [-0.2, -0.15) is 4.31 Å². The van der Waals surface area contributed by atoms with Gasteiger partial charge in [0.2, 0.25) is 10.0 Å². The van der Waals surface area contributed by atoms with Crippen molar-refractivity contribution in [2.24, 2.45) is 13.0 Å². The van der Waals surface area contributed by atoms with Gasteiger partial charge in [-0.05, 0) is 36.2 Å². The number of ether oxygens (including phenoxy) is 2. The molecule has 10 heteroatoms. The molecule has 0 radical (unpaired) electrons. The van der Waals surface area contributed by atoms with Gasteiger partial charge in [0.25, 0.3) is 5.91 Å². The molecule has 1 N–H and O–H groups in total. The van der Waals surface area contributed by atoms with Crippen LogP contribution in [0, 0.1) is 5.92 Å². The Morgan fingerprint density at radius 3 is 2.49 bits per heavy atom. The predicted octanol–water partition coefficient (Wildman–Crippen LogP) is 4.53. The molecule has 0 saturated heterocycles. The van der Waals surface area contributed by atoms with Gasteiger partial charge < -0.3 is 24.0 Å². The standard InChI is InChI=1S/C33H39N3O6S/c1-22-18-36(23(2)20-37)33(38)32-31(26-14-8-9-15-27(26)35(32)4)25-13-7-6-12-24(25)21-42-29(22)19-34(3)43(39,40)30-17-11-10-16-28(30)41-5/h6-17,22-23,29,37H,18-21H2,1-5H3/t22-,23-,29-/m1/s1. The molecule has 9 nitrogen and oxygen atoms in total. The molecular weight excluding hydrogens is 566 g/mol. The summed E-state index contributed by atoms with van der Waals surface area (Å²) in [4.78, 5) is 16.2. The highest BCUT2D eigenvalue weighted by molar-refractivity contribution is 7.89.